The van der Waals surface area contributed by atoms with Crippen molar-refractivity contribution in [1.29, 1.82) is 0 Å². The van der Waals surface area contributed by atoms with Crippen molar-refractivity contribution in [2.24, 2.45) is 0 Å². The standard InChI is InChI=1S/C25H31ClN2O2/c1-17(20-3-2-4-22(26)15-20)27-23-10-9-21(16-23)18-5-7-19(8-6-18)25(30)28-13-11-24(29)12-14-28/h2-8,15,17,21,23-24,27,29H,9-14,16H2,1H3. The van der Waals surface area contributed by atoms with Crippen LogP contribution in [0.5, 0.6) is 0 Å². The molecule has 2 aromatic rings. The van der Waals surface area contributed by atoms with Gasteiger partial charge in [0.2, 0.25) is 0 Å². The number of hydrogen-bond acceptors (Lipinski definition) is 3. The molecule has 1 aliphatic carbocycles. The van der Waals surface area contributed by atoms with E-state index in [9.17, 15) is 9.90 Å². The van der Waals surface area contributed by atoms with Gasteiger partial charge in [0.05, 0.1) is 6.10 Å². The van der Waals surface area contributed by atoms with Crippen LogP contribution in [0.15, 0.2) is 48.5 Å². The minimum absolute atomic E-state index is 0.0785. The fourth-order valence-corrected chi connectivity index (χ4v) is 5.01. The van der Waals surface area contributed by atoms with Gasteiger partial charge in [-0.3, -0.25) is 4.79 Å². The molecule has 160 valence electrons. The zero-order valence-corrected chi connectivity index (χ0v) is 18.3. The average molecular weight is 427 g/mol. The highest BCUT2D eigenvalue weighted by Crippen LogP contribution is 2.35. The maximum Gasteiger partial charge on any atom is 0.253 e. The molecule has 1 saturated carbocycles. The van der Waals surface area contributed by atoms with Gasteiger partial charge >= 0.3 is 0 Å². The number of aliphatic hydroxyl groups excluding tert-OH is 1. The topological polar surface area (TPSA) is 52.6 Å². The fourth-order valence-electron chi connectivity index (χ4n) is 4.81. The van der Waals surface area contributed by atoms with Crippen LogP contribution in [0.4, 0.5) is 0 Å². The van der Waals surface area contributed by atoms with E-state index in [2.05, 4.69) is 30.4 Å². The monoisotopic (exact) mass is 426 g/mol. The molecule has 0 radical (unpaired) electrons. The number of benzene rings is 2. The van der Waals surface area contributed by atoms with E-state index in [-0.39, 0.29) is 18.1 Å². The Morgan fingerprint density at radius 3 is 2.53 bits per heavy atom. The Morgan fingerprint density at radius 2 is 1.83 bits per heavy atom. The maximum atomic E-state index is 12.7. The number of carbonyl (C=O) groups is 1. The van der Waals surface area contributed by atoms with E-state index in [1.165, 1.54) is 11.1 Å². The summed E-state index contributed by atoms with van der Waals surface area (Å²) in [6.45, 7) is 3.48. The first-order valence-corrected chi connectivity index (χ1v) is 11.5. The molecule has 2 aliphatic rings. The second-order valence-electron chi connectivity index (χ2n) is 8.80. The summed E-state index contributed by atoms with van der Waals surface area (Å²) in [5.41, 5.74) is 3.29. The van der Waals surface area contributed by atoms with E-state index in [4.69, 9.17) is 11.6 Å². The molecule has 1 heterocycles. The molecule has 5 heteroatoms. The van der Waals surface area contributed by atoms with Crippen LogP contribution in [0.2, 0.25) is 5.02 Å². The van der Waals surface area contributed by atoms with Crippen molar-refractivity contribution in [3.63, 3.8) is 0 Å². The first-order valence-electron chi connectivity index (χ1n) is 11.1. The molecule has 4 rings (SSSR count). The van der Waals surface area contributed by atoms with Crippen molar-refractivity contribution < 1.29 is 9.90 Å². The van der Waals surface area contributed by atoms with E-state index in [0.29, 0.717) is 37.9 Å². The normalized spacial score (nSPS) is 23.5. The number of carbonyl (C=O) groups excluding carboxylic acids is 1. The lowest BCUT2D eigenvalue weighted by Crippen LogP contribution is -2.40. The van der Waals surface area contributed by atoms with E-state index in [1.54, 1.807) is 0 Å². The minimum Gasteiger partial charge on any atom is -0.393 e. The fraction of sp³-hybridized carbons (Fsp3) is 0.480. The molecule has 0 spiro atoms. The second-order valence-corrected chi connectivity index (χ2v) is 9.23. The van der Waals surface area contributed by atoms with Crippen molar-refractivity contribution in [1.82, 2.24) is 10.2 Å². The molecule has 2 fully saturated rings. The lowest BCUT2D eigenvalue weighted by atomic mass is 9.96. The van der Waals surface area contributed by atoms with Crippen molar-refractivity contribution in [3.8, 4) is 0 Å². The van der Waals surface area contributed by atoms with Gasteiger partial charge in [-0.1, -0.05) is 35.9 Å². The minimum atomic E-state index is -0.262. The van der Waals surface area contributed by atoms with E-state index in [0.717, 1.165) is 29.8 Å². The van der Waals surface area contributed by atoms with Gasteiger partial charge in [0.15, 0.2) is 0 Å². The van der Waals surface area contributed by atoms with Gasteiger partial charge < -0.3 is 15.3 Å². The highest BCUT2D eigenvalue weighted by Gasteiger charge is 2.27. The molecule has 3 atom stereocenters. The smallest absolute Gasteiger partial charge is 0.253 e. The molecule has 1 aliphatic heterocycles. The predicted octanol–water partition coefficient (Wildman–Crippen LogP) is 4.92. The average Bonchev–Trinajstić information content (AvgIpc) is 3.22. The van der Waals surface area contributed by atoms with Crippen LogP contribution in [-0.4, -0.2) is 41.1 Å². The highest BCUT2D eigenvalue weighted by atomic mass is 35.5. The number of halogens is 1. The summed E-state index contributed by atoms with van der Waals surface area (Å²) in [5.74, 6) is 0.609. The molecule has 2 N–H and O–H groups in total. The lowest BCUT2D eigenvalue weighted by Gasteiger charge is -2.29. The molecule has 3 unspecified atom stereocenters. The Kier molecular flexibility index (Phi) is 6.77. The predicted molar refractivity (Wildman–Crippen MR) is 121 cm³/mol. The van der Waals surface area contributed by atoms with Crippen molar-refractivity contribution >= 4 is 17.5 Å². The molecular formula is C25H31ClN2O2. The SMILES string of the molecule is CC(NC1CCC(c2ccc(C(=O)N3CCC(O)CC3)cc2)C1)c1cccc(Cl)c1. The third-order valence-corrected chi connectivity index (χ3v) is 6.88. The number of hydrogen-bond donors (Lipinski definition) is 2. The third-order valence-electron chi connectivity index (χ3n) is 6.65. The summed E-state index contributed by atoms with van der Waals surface area (Å²) in [5, 5.41) is 14.2. The molecular weight excluding hydrogens is 396 g/mol. The highest BCUT2D eigenvalue weighted by molar-refractivity contribution is 6.30. The lowest BCUT2D eigenvalue weighted by molar-refractivity contribution is 0.0546. The number of nitrogens with one attached hydrogen (secondary N) is 1. The Balaban J connectivity index is 1.32. The molecule has 30 heavy (non-hydrogen) atoms. The van der Waals surface area contributed by atoms with Crippen molar-refractivity contribution in [2.45, 2.75) is 63.1 Å². The zero-order chi connectivity index (χ0) is 21.1. The van der Waals surface area contributed by atoms with E-state index in [1.807, 2.05) is 35.2 Å². The number of rotatable bonds is 5. The number of amides is 1. The summed E-state index contributed by atoms with van der Waals surface area (Å²) in [7, 11) is 0. The number of aliphatic hydroxyl groups is 1. The molecule has 0 bridgehead atoms. The summed E-state index contributed by atoms with van der Waals surface area (Å²) in [6.07, 6.45) is 4.52. The van der Waals surface area contributed by atoms with Gasteiger partial charge in [0.1, 0.15) is 0 Å². The quantitative estimate of drug-likeness (QED) is 0.713. The summed E-state index contributed by atoms with van der Waals surface area (Å²) < 4.78 is 0. The number of piperidine rings is 1. The van der Waals surface area contributed by atoms with Gasteiger partial charge in [-0.2, -0.15) is 0 Å². The third kappa shape index (κ3) is 5.05. The molecule has 2 aromatic carbocycles. The summed E-state index contributed by atoms with van der Waals surface area (Å²) >= 11 is 6.13. The largest absolute Gasteiger partial charge is 0.393 e. The molecule has 4 nitrogen and oxygen atoms in total. The van der Waals surface area contributed by atoms with Gasteiger partial charge in [0.25, 0.3) is 5.91 Å². The van der Waals surface area contributed by atoms with Gasteiger partial charge in [-0.05, 0) is 80.3 Å². The first-order chi connectivity index (χ1) is 14.5. The molecule has 1 amide bonds. The summed E-state index contributed by atoms with van der Waals surface area (Å²) in [4.78, 5) is 14.6. The van der Waals surface area contributed by atoms with Crippen LogP contribution >= 0.6 is 11.6 Å². The Morgan fingerprint density at radius 1 is 1.10 bits per heavy atom. The van der Waals surface area contributed by atoms with Crippen molar-refractivity contribution in [3.05, 3.63) is 70.2 Å². The number of nitrogens with zero attached hydrogens (tertiary/aromatic N) is 1. The van der Waals surface area contributed by atoms with Gasteiger partial charge in [-0.15, -0.1) is 0 Å². The second kappa shape index (κ2) is 9.51. The Hall–Kier alpha value is -1.88. The summed E-state index contributed by atoms with van der Waals surface area (Å²) in [6, 6.07) is 17.0. The molecule has 0 aromatic heterocycles. The van der Waals surface area contributed by atoms with Crippen LogP contribution in [0.25, 0.3) is 0 Å². The van der Waals surface area contributed by atoms with Gasteiger partial charge in [-0.25, -0.2) is 0 Å². The van der Waals surface area contributed by atoms with Crippen LogP contribution in [0, 0.1) is 0 Å². The number of likely N-dealkylation sites (tertiary alicyclic amines) is 1. The Bertz CT molecular complexity index is 862. The van der Waals surface area contributed by atoms with Crippen LogP contribution < -0.4 is 5.32 Å². The van der Waals surface area contributed by atoms with Gasteiger partial charge in [0, 0.05) is 35.8 Å². The molecule has 1 saturated heterocycles. The van der Waals surface area contributed by atoms with Crippen LogP contribution in [-0.2, 0) is 0 Å². The zero-order valence-electron chi connectivity index (χ0n) is 17.6. The van der Waals surface area contributed by atoms with Crippen molar-refractivity contribution in [2.75, 3.05) is 13.1 Å². The van der Waals surface area contributed by atoms with Crippen LogP contribution in [0.3, 0.4) is 0 Å². The van der Waals surface area contributed by atoms with E-state index < -0.39 is 0 Å². The first kappa shape index (κ1) is 21.4. The Labute approximate surface area is 184 Å². The van der Waals surface area contributed by atoms with E-state index >= 15 is 0 Å². The van der Waals surface area contributed by atoms with Crippen LogP contribution in [0.1, 0.15) is 72.5 Å². The maximum absolute atomic E-state index is 12.7.